The molecule has 2 aromatic rings. The van der Waals surface area contributed by atoms with Crippen molar-refractivity contribution in [2.45, 2.75) is 26.0 Å². The van der Waals surface area contributed by atoms with Gasteiger partial charge in [-0.2, -0.15) is 0 Å². The van der Waals surface area contributed by atoms with E-state index in [-0.39, 0.29) is 36.3 Å². The highest BCUT2D eigenvalue weighted by Gasteiger charge is 2.33. The third-order valence-corrected chi connectivity index (χ3v) is 5.14. The zero-order valence-electron chi connectivity index (χ0n) is 17.3. The second-order valence-electron chi connectivity index (χ2n) is 7.41. The summed E-state index contributed by atoms with van der Waals surface area (Å²) in [6.07, 6.45) is 4.04. The number of fused-ring (bicyclic) bond motifs is 1. The molecule has 0 spiro atoms. The molecule has 1 aromatic heterocycles. The summed E-state index contributed by atoms with van der Waals surface area (Å²) in [7, 11) is 1.83. The van der Waals surface area contributed by atoms with Gasteiger partial charge in [0, 0.05) is 31.4 Å². The fourth-order valence-electron chi connectivity index (χ4n) is 3.39. The number of aliphatic hydroxyl groups excluding tert-OH is 1. The van der Waals surface area contributed by atoms with Gasteiger partial charge in [0.25, 0.3) is 11.8 Å². The van der Waals surface area contributed by atoms with Crippen molar-refractivity contribution in [1.82, 2.24) is 20.2 Å². The smallest absolute Gasteiger partial charge is 0.275 e. The Morgan fingerprint density at radius 1 is 1.40 bits per heavy atom. The molecule has 0 saturated heterocycles. The van der Waals surface area contributed by atoms with E-state index in [0.717, 1.165) is 0 Å². The predicted molar refractivity (Wildman–Crippen MR) is 112 cm³/mol. The molecule has 2 amide bonds. The minimum Gasteiger partial charge on any atom is -0.486 e. The molecular formula is C21H27N5O4. The summed E-state index contributed by atoms with van der Waals surface area (Å²) in [5, 5.41) is 15.6. The van der Waals surface area contributed by atoms with E-state index in [0.29, 0.717) is 30.1 Å². The highest BCUT2D eigenvalue weighted by molar-refractivity contribution is 6.06. The zero-order valence-corrected chi connectivity index (χ0v) is 17.3. The lowest BCUT2D eigenvalue weighted by Gasteiger charge is -2.37. The number of amides is 2. The molecule has 9 heteroatoms. The van der Waals surface area contributed by atoms with Crippen molar-refractivity contribution in [3.05, 3.63) is 48.0 Å². The molecular weight excluding hydrogens is 386 g/mol. The molecule has 3 N–H and O–H groups in total. The number of rotatable bonds is 6. The Balaban J connectivity index is 2.03. The predicted octanol–water partition coefficient (Wildman–Crippen LogP) is 1.17. The van der Waals surface area contributed by atoms with E-state index in [4.69, 9.17) is 4.74 Å². The van der Waals surface area contributed by atoms with Crippen LogP contribution in [0.25, 0.3) is 0 Å². The van der Waals surface area contributed by atoms with Crippen LogP contribution in [0.2, 0.25) is 0 Å². The van der Waals surface area contributed by atoms with Crippen molar-refractivity contribution < 1.29 is 19.4 Å². The van der Waals surface area contributed by atoms with E-state index in [1.54, 1.807) is 30.0 Å². The SMILES string of the molecule is CNC[C@H]1Oc2c(NC(=O)c3cnccn3)cccc2C(=O)N([C@H](C)CO)C[C@@H]1C. The maximum atomic E-state index is 13.3. The van der Waals surface area contributed by atoms with Crippen LogP contribution in [0.5, 0.6) is 5.75 Å². The third kappa shape index (κ3) is 4.58. The molecule has 2 heterocycles. The quantitative estimate of drug-likeness (QED) is 0.651. The van der Waals surface area contributed by atoms with Crippen LogP contribution in [0.4, 0.5) is 5.69 Å². The zero-order chi connectivity index (χ0) is 21.7. The van der Waals surface area contributed by atoms with Gasteiger partial charge in [-0.05, 0) is 26.1 Å². The van der Waals surface area contributed by atoms with Gasteiger partial charge >= 0.3 is 0 Å². The van der Waals surface area contributed by atoms with Crippen molar-refractivity contribution in [3.8, 4) is 5.75 Å². The Hall–Kier alpha value is -3.04. The van der Waals surface area contributed by atoms with Crippen LogP contribution in [0, 0.1) is 5.92 Å². The minimum absolute atomic E-state index is 0.00713. The molecule has 0 radical (unpaired) electrons. The van der Waals surface area contributed by atoms with Crippen LogP contribution in [0.15, 0.2) is 36.8 Å². The molecule has 0 saturated carbocycles. The number of aromatic nitrogens is 2. The number of nitrogens with one attached hydrogen (secondary N) is 2. The van der Waals surface area contributed by atoms with Gasteiger partial charge in [-0.1, -0.05) is 13.0 Å². The number of likely N-dealkylation sites (N-methyl/N-ethyl adjacent to an activating group) is 1. The van der Waals surface area contributed by atoms with Gasteiger partial charge in [0.05, 0.1) is 30.1 Å². The summed E-state index contributed by atoms with van der Waals surface area (Å²) in [4.78, 5) is 35.5. The summed E-state index contributed by atoms with van der Waals surface area (Å²) in [5.41, 5.74) is 0.867. The lowest BCUT2D eigenvalue weighted by atomic mass is 9.99. The molecule has 1 aliphatic rings. The number of carbonyl (C=O) groups is 2. The Kier molecular flexibility index (Phi) is 6.96. The molecule has 1 aliphatic heterocycles. The minimum atomic E-state index is -0.451. The van der Waals surface area contributed by atoms with E-state index < -0.39 is 5.91 Å². The van der Waals surface area contributed by atoms with Crippen LogP contribution in [-0.2, 0) is 0 Å². The van der Waals surface area contributed by atoms with Crippen molar-refractivity contribution in [2.24, 2.45) is 5.92 Å². The summed E-state index contributed by atoms with van der Waals surface area (Å²) in [6.45, 7) is 4.66. The Morgan fingerprint density at radius 3 is 2.87 bits per heavy atom. The molecule has 3 rings (SSSR count). The largest absolute Gasteiger partial charge is 0.486 e. The van der Waals surface area contributed by atoms with E-state index in [9.17, 15) is 14.7 Å². The average Bonchev–Trinajstić information content (AvgIpc) is 2.76. The van der Waals surface area contributed by atoms with Crippen molar-refractivity contribution in [3.63, 3.8) is 0 Å². The number of para-hydroxylation sites is 1. The van der Waals surface area contributed by atoms with Gasteiger partial charge in [-0.15, -0.1) is 0 Å². The number of hydrogen-bond acceptors (Lipinski definition) is 7. The number of ether oxygens (including phenoxy) is 1. The molecule has 9 nitrogen and oxygen atoms in total. The Bertz CT molecular complexity index is 892. The standard InChI is InChI=1S/C21H27N5O4/c1-13-11-26(14(2)12-27)21(29)15-5-4-6-16(19(15)30-18(13)10-22-3)25-20(28)17-9-23-7-8-24-17/h4-9,13-14,18,22,27H,10-12H2,1-3H3,(H,25,28)/t13-,14+,18+/m0/s1. The second kappa shape index (κ2) is 9.64. The first-order valence-electron chi connectivity index (χ1n) is 9.89. The normalized spacial score (nSPS) is 19.9. The topological polar surface area (TPSA) is 117 Å². The monoisotopic (exact) mass is 413 g/mol. The van der Waals surface area contributed by atoms with Gasteiger partial charge in [-0.25, -0.2) is 4.98 Å². The van der Waals surface area contributed by atoms with Crippen LogP contribution in [0.1, 0.15) is 34.7 Å². The molecule has 1 aromatic carbocycles. The summed E-state index contributed by atoms with van der Waals surface area (Å²) in [6, 6.07) is 4.69. The molecule has 0 bridgehead atoms. The fourth-order valence-corrected chi connectivity index (χ4v) is 3.39. The van der Waals surface area contributed by atoms with Gasteiger partial charge in [0.2, 0.25) is 0 Å². The maximum Gasteiger partial charge on any atom is 0.275 e. The van der Waals surface area contributed by atoms with Crippen molar-refractivity contribution in [2.75, 3.05) is 32.1 Å². The van der Waals surface area contributed by atoms with E-state index in [2.05, 4.69) is 20.6 Å². The van der Waals surface area contributed by atoms with Crippen molar-refractivity contribution in [1.29, 1.82) is 0 Å². The summed E-state index contributed by atoms with van der Waals surface area (Å²) < 4.78 is 6.27. The highest BCUT2D eigenvalue weighted by atomic mass is 16.5. The first kappa shape index (κ1) is 21.7. The van der Waals surface area contributed by atoms with Gasteiger partial charge in [-0.3, -0.25) is 14.6 Å². The van der Waals surface area contributed by atoms with E-state index in [1.165, 1.54) is 18.6 Å². The molecule has 30 heavy (non-hydrogen) atoms. The Morgan fingerprint density at radius 2 is 2.20 bits per heavy atom. The van der Waals surface area contributed by atoms with Crippen LogP contribution in [0.3, 0.4) is 0 Å². The first-order valence-corrected chi connectivity index (χ1v) is 9.89. The number of benzene rings is 1. The Labute approximate surface area is 175 Å². The molecule has 160 valence electrons. The number of carbonyl (C=O) groups excluding carboxylic acids is 2. The number of nitrogens with zero attached hydrogens (tertiary/aromatic N) is 3. The number of aliphatic hydroxyl groups is 1. The molecule has 0 aliphatic carbocycles. The molecule has 0 unspecified atom stereocenters. The van der Waals surface area contributed by atoms with Gasteiger partial charge < -0.3 is 25.4 Å². The van der Waals surface area contributed by atoms with Crippen molar-refractivity contribution >= 4 is 17.5 Å². The highest BCUT2D eigenvalue weighted by Crippen LogP contribution is 2.34. The first-order chi connectivity index (χ1) is 14.5. The maximum absolute atomic E-state index is 13.3. The average molecular weight is 413 g/mol. The lowest BCUT2D eigenvalue weighted by Crippen LogP contribution is -2.49. The molecule has 0 fully saturated rings. The third-order valence-electron chi connectivity index (χ3n) is 5.14. The second-order valence-corrected chi connectivity index (χ2v) is 7.41. The van der Waals surface area contributed by atoms with Crippen LogP contribution < -0.4 is 15.4 Å². The molecule has 3 atom stereocenters. The number of hydrogen-bond donors (Lipinski definition) is 3. The van der Waals surface area contributed by atoms with E-state index >= 15 is 0 Å². The lowest BCUT2D eigenvalue weighted by molar-refractivity contribution is 0.0417. The summed E-state index contributed by atoms with van der Waals surface area (Å²) in [5.74, 6) is -0.403. The fraction of sp³-hybridized carbons (Fsp3) is 0.429. The van der Waals surface area contributed by atoms with Gasteiger partial charge in [0.1, 0.15) is 11.8 Å². The van der Waals surface area contributed by atoms with Crippen LogP contribution in [-0.4, -0.2) is 70.7 Å². The van der Waals surface area contributed by atoms with E-state index in [1.807, 2.05) is 14.0 Å². The summed E-state index contributed by atoms with van der Waals surface area (Å²) >= 11 is 0. The number of anilines is 1. The van der Waals surface area contributed by atoms with Gasteiger partial charge in [0.15, 0.2) is 5.75 Å². The van der Waals surface area contributed by atoms with Crippen LogP contribution >= 0.6 is 0 Å².